The van der Waals surface area contributed by atoms with Crippen molar-refractivity contribution in [2.75, 3.05) is 45.8 Å². The van der Waals surface area contributed by atoms with Crippen LogP contribution in [0.4, 0.5) is 0 Å². The lowest BCUT2D eigenvalue weighted by atomic mass is 9.96. The first-order valence-electron chi connectivity index (χ1n) is 11.1. The molecule has 1 saturated heterocycles. The maximum atomic E-state index is 13.2. The number of nitrogens with zero attached hydrogens (tertiary/aromatic N) is 4. The van der Waals surface area contributed by atoms with E-state index in [1.807, 2.05) is 4.90 Å². The van der Waals surface area contributed by atoms with E-state index in [0.29, 0.717) is 43.3 Å². The molecule has 1 aromatic rings. The van der Waals surface area contributed by atoms with Gasteiger partial charge < -0.3 is 14.3 Å². The summed E-state index contributed by atoms with van der Waals surface area (Å²) in [5.74, 6) is 0.734. The van der Waals surface area contributed by atoms with Gasteiger partial charge in [-0.05, 0) is 45.7 Å². The molecule has 0 radical (unpaired) electrons. The average molecular weight is 443 g/mol. The lowest BCUT2D eigenvalue weighted by Crippen LogP contribution is -2.47. The van der Waals surface area contributed by atoms with Crippen molar-refractivity contribution in [3.63, 3.8) is 0 Å². The van der Waals surface area contributed by atoms with Gasteiger partial charge in [-0.1, -0.05) is 32.9 Å². The van der Waals surface area contributed by atoms with Gasteiger partial charge in [0.25, 0.3) is 0 Å². The SMILES string of the molecule is CCN(CC)CCN(CC(C)C)C(=O)C1CCN(S(=O)(=O)c2c(C)noc2C)CC1. The molecule has 1 amide bonds. The first-order chi connectivity index (χ1) is 14.1. The van der Waals surface area contributed by atoms with Crippen molar-refractivity contribution in [2.45, 2.75) is 59.3 Å². The summed E-state index contributed by atoms with van der Waals surface area (Å²) in [5.41, 5.74) is 0.380. The zero-order chi connectivity index (χ0) is 22.5. The van der Waals surface area contributed by atoms with Gasteiger partial charge in [0.05, 0.1) is 0 Å². The minimum atomic E-state index is -3.65. The van der Waals surface area contributed by atoms with Gasteiger partial charge in [-0.2, -0.15) is 4.31 Å². The maximum absolute atomic E-state index is 13.2. The minimum Gasteiger partial charge on any atom is -0.360 e. The lowest BCUT2D eigenvalue weighted by Gasteiger charge is -2.35. The highest BCUT2D eigenvalue weighted by molar-refractivity contribution is 7.89. The maximum Gasteiger partial charge on any atom is 0.248 e. The average Bonchev–Trinajstić information content (AvgIpc) is 3.06. The van der Waals surface area contributed by atoms with Crippen LogP contribution in [0.5, 0.6) is 0 Å². The summed E-state index contributed by atoms with van der Waals surface area (Å²) in [7, 11) is -3.65. The number of likely N-dealkylation sites (N-methyl/N-ethyl adjacent to an activating group) is 1. The summed E-state index contributed by atoms with van der Waals surface area (Å²) in [4.78, 5) is 17.7. The first kappa shape index (κ1) is 24.8. The number of hydrogen-bond acceptors (Lipinski definition) is 6. The molecule has 0 bridgehead atoms. The zero-order valence-corrected chi connectivity index (χ0v) is 20.2. The molecule has 1 aliphatic heterocycles. The van der Waals surface area contributed by atoms with Crippen LogP contribution in [0, 0.1) is 25.7 Å². The van der Waals surface area contributed by atoms with E-state index in [1.165, 1.54) is 4.31 Å². The third-order valence-electron chi connectivity index (χ3n) is 5.85. The number of hydrogen-bond donors (Lipinski definition) is 0. The fourth-order valence-corrected chi connectivity index (χ4v) is 5.87. The second-order valence-corrected chi connectivity index (χ2v) is 10.4. The van der Waals surface area contributed by atoms with Gasteiger partial charge in [-0.3, -0.25) is 4.79 Å². The van der Waals surface area contributed by atoms with Gasteiger partial charge in [0.2, 0.25) is 15.9 Å². The highest BCUT2D eigenvalue weighted by atomic mass is 32.2. The summed E-state index contributed by atoms with van der Waals surface area (Å²) >= 11 is 0. The topological polar surface area (TPSA) is 87.0 Å². The fraction of sp³-hybridized carbons (Fsp3) is 0.810. The number of rotatable bonds is 10. The molecule has 1 aliphatic rings. The van der Waals surface area contributed by atoms with Crippen LogP contribution >= 0.6 is 0 Å². The predicted octanol–water partition coefficient (Wildman–Crippen LogP) is 2.52. The number of piperidine rings is 1. The largest absolute Gasteiger partial charge is 0.360 e. The minimum absolute atomic E-state index is 0.128. The molecule has 0 N–H and O–H groups in total. The number of carbonyl (C=O) groups is 1. The smallest absolute Gasteiger partial charge is 0.248 e. The fourth-order valence-electron chi connectivity index (χ4n) is 4.11. The summed E-state index contributed by atoms with van der Waals surface area (Å²) in [6, 6.07) is 0. The Morgan fingerprint density at radius 2 is 1.77 bits per heavy atom. The predicted molar refractivity (Wildman–Crippen MR) is 117 cm³/mol. The molecule has 2 rings (SSSR count). The van der Waals surface area contributed by atoms with Crippen LogP contribution in [-0.4, -0.2) is 79.4 Å². The Bertz CT molecular complexity index is 774. The van der Waals surface area contributed by atoms with Crippen LogP contribution in [0.15, 0.2) is 9.42 Å². The monoisotopic (exact) mass is 442 g/mol. The molecule has 0 atom stereocenters. The molecule has 1 fully saturated rings. The molecule has 8 nitrogen and oxygen atoms in total. The molecular formula is C21H38N4O4S. The Morgan fingerprint density at radius 1 is 1.17 bits per heavy atom. The molecular weight excluding hydrogens is 404 g/mol. The van der Waals surface area contributed by atoms with E-state index in [0.717, 1.165) is 32.7 Å². The Balaban J connectivity index is 2.03. The van der Waals surface area contributed by atoms with Crippen LogP contribution in [0.2, 0.25) is 0 Å². The highest BCUT2D eigenvalue weighted by Gasteiger charge is 2.36. The molecule has 9 heteroatoms. The number of aryl methyl sites for hydroxylation is 2. The van der Waals surface area contributed by atoms with Gasteiger partial charge >= 0.3 is 0 Å². The van der Waals surface area contributed by atoms with Gasteiger partial charge in [-0.15, -0.1) is 0 Å². The van der Waals surface area contributed by atoms with E-state index in [1.54, 1.807) is 13.8 Å². The third kappa shape index (κ3) is 5.82. The summed E-state index contributed by atoms with van der Waals surface area (Å²) in [6.45, 7) is 16.7. The molecule has 0 unspecified atom stereocenters. The van der Waals surface area contributed by atoms with Crippen molar-refractivity contribution >= 4 is 15.9 Å². The number of amides is 1. The van der Waals surface area contributed by atoms with Crippen LogP contribution in [-0.2, 0) is 14.8 Å². The second-order valence-electron chi connectivity index (χ2n) is 8.54. The number of carbonyl (C=O) groups excluding carboxylic acids is 1. The van der Waals surface area contributed by atoms with Crippen LogP contribution in [0.3, 0.4) is 0 Å². The molecule has 0 aliphatic carbocycles. The van der Waals surface area contributed by atoms with E-state index in [4.69, 9.17) is 4.52 Å². The summed E-state index contributed by atoms with van der Waals surface area (Å²) in [5, 5.41) is 3.77. The second kappa shape index (κ2) is 10.7. The van der Waals surface area contributed by atoms with Crippen molar-refractivity contribution in [2.24, 2.45) is 11.8 Å². The third-order valence-corrected chi connectivity index (χ3v) is 7.99. The zero-order valence-electron chi connectivity index (χ0n) is 19.3. The van der Waals surface area contributed by atoms with Crippen molar-refractivity contribution in [3.05, 3.63) is 11.5 Å². The van der Waals surface area contributed by atoms with Crippen LogP contribution in [0.1, 0.15) is 52.0 Å². The van der Waals surface area contributed by atoms with E-state index < -0.39 is 10.0 Å². The standard InChI is InChI=1S/C21H38N4O4S/c1-7-23(8-2)13-14-24(15-16(3)4)21(26)19-9-11-25(12-10-19)30(27,28)20-17(5)22-29-18(20)6/h16,19H,7-15H2,1-6H3. The molecule has 30 heavy (non-hydrogen) atoms. The molecule has 172 valence electrons. The Hall–Kier alpha value is -1.45. The molecule has 1 aromatic heterocycles. The van der Waals surface area contributed by atoms with Crippen molar-refractivity contribution < 1.29 is 17.7 Å². The lowest BCUT2D eigenvalue weighted by molar-refractivity contribution is -0.137. The van der Waals surface area contributed by atoms with E-state index in [2.05, 4.69) is 37.8 Å². The van der Waals surface area contributed by atoms with Gasteiger partial charge in [0.15, 0.2) is 5.76 Å². The number of aromatic nitrogens is 1. The molecule has 0 saturated carbocycles. The number of sulfonamides is 1. The molecule has 2 heterocycles. The first-order valence-corrected chi connectivity index (χ1v) is 12.5. The highest BCUT2D eigenvalue weighted by Crippen LogP contribution is 2.28. The normalized spacial score (nSPS) is 16.5. The quantitative estimate of drug-likeness (QED) is 0.553. The van der Waals surface area contributed by atoms with Gasteiger partial charge in [0.1, 0.15) is 10.6 Å². The van der Waals surface area contributed by atoms with Gasteiger partial charge in [-0.25, -0.2) is 8.42 Å². The molecule has 0 spiro atoms. The Kier molecular flexibility index (Phi) is 8.87. The molecule has 0 aromatic carbocycles. The van der Waals surface area contributed by atoms with E-state index in [-0.39, 0.29) is 16.7 Å². The summed E-state index contributed by atoms with van der Waals surface area (Å²) in [6.07, 6.45) is 1.09. The van der Waals surface area contributed by atoms with Crippen molar-refractivity contribution in [1.82, 2.24) is 19.3 Å². The summed E-state index contributed by atoms with van der Waals surface area (Å²) < 4.78 is 32.5. The van der Waals surface area contributed by atoms with Crippen LogP contribution < -0.4 is 0 Å². The Labute approximate surface area is 181 Å². The van der Waals surface area contributed by atoms with Gasteiger partial charge in [0, 0.05) is 38.6 Å². The van der Waals surface area contributed by atoms with E-state index >= 15 is 0 Å². The van der Waals surface area contributed by atoms with Crippen molar-refractivity contribution in [1.29, 1.82) is 0 Å². The van der Waals surface area contributed by atoms with E-state index in [9.17, 15) is 13.2 Å². The van der Waals surface area contributed by atoms with Crippen molar-refractivity contribution in [3.8, 4) is 0 Å². The van der Waals surface area contributed by atoms with Crippen LogP contribution in [0.25, 0.3) is 0 Å². The Morgan fingerprint density at radius 3 is 2.23 bits per heavy atom.